The van der Waals surface area contributed by atoms with Gasteiger partial charge in [0.25, 0.3) is 11.8 Å². The second-order valence-electron chi connectivity index (χ2n) is 16.5. The molecule has 6 aromatic carbocycles. The molecule has 7 aromatic rings. The van der Waals surface area contributed by atoms with E-state index in [2.05, 4.69) is 28.8 Å². The summed E-state index contributed by atoms with van der Waals surface area (Å²) in [6.07, 6.45) is 5.35. The summed E-state index contributed by atoms with van der Waals surface area (Å²) in [6.45, 7) is 9.76. The lowest BCUT2D eigenvalue weighted by Gasteiger charge is -2.27. The van der Waals surface area contributed by atoms with Crippen molar-refractivity contribution in [2.24, 2.45) is 29.0 Å². The summed E-state index contributed by atoms with van der Waals surface area (Å²) in [5, 5.41) is 16.5. The molecule has 1 heterocycles. The minimum Gasteiger partial charge on any atom is -0.399 e. The van der Waals surface area contributed by atoms with Crippen LogP contribution in [0, 0.1) is 11.8 Å². The highest BCUT2D eigenvalue weighted by Gasteiger charge is 2.26. The Bertz CT molecular complexity index is 2760. The predicted molar refractivity (Wildman–Crippen MR) is 270 cm³/mol. The van der Waals surface area contributed by atoms with Crippen LogP contribution in [0.5, 0.6) is 0 Å². The quantitative estimate of drug-likeness (QED) is 0.0461. The van der Waals surface area contributed by atoms with E-state index < -0.39 is 6.04 Å². The number of carbonyl (C=O) groups is 3. The number of nitrogens with zero attached hydrogens (tertiary/aromatic N) is 1. The summed E-state index contributed by atoms with van der Waals surface area (Å²) in [7, 11) is 0. The van der Waals surface area contributed by atoms with E-state index in [0.29, 0.717) is 41.9 Å². The molecule has 4 atom stereocenters. The predicted octanol–water partition coefficient (Wildman–Crippen LogP) is 8.92. The Labute approximate surface area is 393 Å². The van der Waals surface area contributed by atoms with Gasteiger partial charge in [-0.25, -0.2) is 0 Å². The molecule has 0 spiro atoms. The minimum atomic E-state index is -0.447. The first-order valence-corrected chi connectivity index (χ1v) is 22.2. The number of hydrogen-bond donors (Lipinski definition) is 6. The summed E-state index contributed by atoms with van der Waals surface area (Å²) in [4.78, 5) is 41.9. The fraction of sp³-hybridized carbons (Fsp3) is 0.158. The van der Waals surface area contributed by atoms with E-state index in [4.69, 9.17) is 17.2 Å². The Morgan fingerprint density at radius 1 is 0.612 bits per heavy atom. The van der Waals surface area contributed by atoms with Gasteiger partial charge in [0, 0.05) is 65.9 Å². The lowest BCUT2D eigenvalue weighted by atomic mass is 9.88. The number of pyridine rings is 1. The van der Waals surface area contributed by atoms with E-state index in [0.717, 1.165) is 61.9 Å². The van der Waals surface area contributed by atoms with Gasteiger partial charge in [-0.05, 0) is 124 Å². The third-order valence-corrected chi connectivity index (χ3v) is 11.7. The molecule has 0 aliphatic carbocycles. The van der Waals surface area contributed by atoms with Crippen LogP contribution in [0.15, 0.2) is 189 Å². The van der Waals surface area contributed by atoms with Crippen LogP contribution in [0.25, 0.3) is 33.6 Å². The summed E-state index contributed by atoms with van der Waals surface area (Å²) in [6, 6.07) is 51.3. The number of carbonyl (C=O) groups excluding carboxylic acids is 3. The third kappa shape index (κ3) is 13.6. The normalized spacial score (nSPS) is 12.5. The highest BCUT2D eigenvalue weighted by molar-refractivity contribution is 5.95. The molecule has 2 amide bonds. The van der Waals surface area contributed by atoms with Crippen LogP contribution in [-0.4, -0.2) is 40.8 Å². The summed E-state index contributed by atoms with van der Waals surface area (Å²) >= 11 is 0. The van der Waals surface area contributed by atoms with Gasteiger partial charge in [0.05, 0.1) is 6.04 Å². The minimum absolute atomic E-state index is 0.121. The zero-order valence-corrected chi connectivity index (χ0v) is 37.7. The Hall–Kier alpha value is -7.92. The summed E-state index contributed by atoms with van der Waals surface area (Å²) in [5.74, 6) is -1.05. The zero-order chi connectivity index (χ0) is 47.7. The molecule has 0 saturated carbocycles. The van der Waals surface area contributed by atoms with E-state index in [9.17, 15) is 19.5 Å². The van der Waals surface area contributed by atoms with Crippen LogP contribution < -0.4 is 27.8 Å². The van der Waals surface area contributed by atoms with Gasteiger partial charge in [-0.1, -0.05) is 128 Å². The molecular weight excluding hydrogens is 833 g/mol. The average Bonchev–Trinajstić information content (AvgIpc) is 3.37. The van der Waals surface area contributed by atoms with Crippen molar-refractivity contribution in [1.82, 2.24) is 15.6 Å². The first-order valence-electron chi connectivity index (χ1n) is 22.2. The van der Waals surface area contributed by atoms with Gasteiger partial charge in [-0.3, -0.25) is 14.6 Å². The molecule has 0 saturated heterocycles. The third-order valence-electron chi connectivity index (χ3n) is 11.7. The van der Waals surface area contributed by atoms with Gasteiger partial charge in [-0.2, -0.15) is 0 Å². The average molecular weight is 891 g/mol. The number of nitrogens with one attached hydrogen (secondary N) is 2. The molecule has 0 radical (unpaired) electrons. The lowest BCUT2D eigenvalue weighted by Crippen LogP contribution is -2.39. The number of nitrogens with two attached hydrogens (primary N) is 3. The van der Waals surface area contributed by atoms with Gasteiger partial charge < -0.3 is 37.7 Å². The smallest absolute Gasteiger partial charge is 0.251 e. The lowest BCUT2D eigenvalue weighted by molar-refractivity contribution is -0.111. The molecule has 10 heteroatoms. The van der Waals surface area contributed by atoms with Crippen LogP contribution in [0.2, 0.25) is 0 Å². The first-order chi connectivity index (χ1) is 32.5. The molecule has 1 aromatic heterocycles. The van der Waals surface area contributed by atoms with E-state index in [1.54, 1.807) is 24.5 Å². The molecule has 0 fully saturated rings. The number of aliphatic hydroxyl groups excluding tert-OH is 1. The highest BCUT2D eigenvalue weighted by atomic mass is 16.3. The maximum atomic E-state index is 13.3. The van der Waals surface area contributed by atoms with Crippen molar-refractivity contribution in [3.63, 3.8) is 0 Å². The number of benzene rings is 6. The maximum Gasteiger partial charge on any atom is 0.251 e. The standard InChI is InChI=1S/C31H32N4O2.C26H26N2O2/c1-21(33)26-7-2-5-22(15-26)16-29(20-36)30(28-9-4-14-34-19-28)35-31(37)25-12-10-24(11-13-25)27-8-3-6-23(17-27)18-32;1-18(27)24-10-6-7-20(15-24)16-25(17-29)19(2)28-26(30)23-13-11-22(12-14-23)21-8-4-3-5-9-21/h2-15,17,19,29-30,36H,1,16,18,20,32-33H2,(H,35,37);3-15,17,19,25H,1,16,27H2,2H3,(H,28,30). The van der Waals surface area contributed by atoms with Crippen LogP contribution >= 0.6 is 0 Å². The van der Waals surface area contributed by atoms with Crippen molar-refractivity contribution in [1.29, 1.82) is 0 Å². The first kappa shape index (κ1) is 48.5. The molecule has 340 valence electrons. The topological polar surface area (TPSA) is 186 Å². The maximum absolute atomic E-state index is 13.3. The van der Waals surface area contributed by atoms with Crippen LogP contribution in [0.1, 0.15) is 67.1 Å². The Morgan fingerprint density at radius 3 is 1.67 bits per heavy atom. The molecule has 7 rings (SSSR count). The van der Waals surface area contributed by atoms with Gasteiger partial charge >= 0.3 is 0 Å². The van der Waals surface area contributed by atoms with Crippen molar-refractivity contribution >= 4 is 29.5 Å². The molecule has 0 bridgehead atoms. The molecule has 0 aliphatic rings. The number of amides is 2. The molecule has 10 nitrogen and oxygen atoms in total. The Morgan fingerprint density at radius 2 is 1.13 bits per heavy atom. The van der Waals surface area contributed by atoms with Crippen LogP contribution in [0.4, 0.5) is 0 Å². The fourth-order valence-corrected chi connectivity index (χ4v) is 7.79. The number of aromatic nitrogens is 1. The van der Waals surface area contributed by atoms with E-state index >= 15 is 0 Å². The molecular formula is C57H58N6O4. The van der Waals surface area contributed by atoms with E-state index in [-0.39, 0.29) is 36.3 Å². The van der Waals surface area contributed by atoms with Gasteiger partial charge in [-0.15, -0.1) is 0 Å². The molecule has 9 N–H and O–H groups in total. The number of hydrogen-bond acceptors (Lipinski definition) is 8. The van der Waals surface area contributed by atoms with Gasteiger partial charge in [0.1, 0.15) is 6.29 Å². The van der Waals surface area contributed by atoms with Crippen molar-refractivity contribution in [2.75, 3.05) is 6.61 Å². The largest absolute Gasteiger partial charge is 0.399 e. The van der Waals surface area contributed by atoms with Gasteiger partial charge in [0.15, 0.2) is 0 Å². The molecule has 0 aliphatic heterocycles. The molecule has 67 heavy (non-hydrogen) atoms. The number of rotatable bonds is 18. The monoisotopic (exact) mass is 890 g/mol. The highest BCUT2D eigenvalue weighted by Crippen LogP contribution is 2.28. The summed E-state index contributed by atoms with van der Waals surface area (Å²) < 4.78 is 0. The van der Waals surface area contributed by atoms with Crippen molar-refractivity contribution in [3.8, 4) is 22.3 Å². The van der Waals surface area contributed by atoms with E-state index in [1.165, 1.54) is 0 Å². The van der Waals surface area contributed by atoms with Crippen molar-refractivity contribution in [2.45, 2.75) is 38.4 Å². The van der Waals surface area contributed by atoms with Crippen LogP contribution in [-0.2, 0) is 24.2 Å². The number of aldehydes is 1. The van der Waals surface area contributed by atoms with Crippen molar-refractivity contribution < 1.29 is 19.5 Å². The number of aliphatic hydroxyl groups is 1. The Kier molecular flexibility index (Phi) is 17.3. The molecule has 4 unspecified atom stereocenters. The zero-order valence-electron chi connectivity index (χ0n) is 37.7. The SMILES string of the molecule is C=C(N)c1cccc(CC(C=O)C(C)NC(=O)c2ccc(-c3ccccc3)cc2)c1.C=C(N)c1cccc(CC(CO)C(NC(=O)c2ccc(-c3cccc(CN)c3)cc2)c2cccnc2)c1. The second-order valence-corrected chi connectivity index (χ2v) is 16.5. The Balaban J connectivity index is 0.000000226. The van der Waals surface area contributed by atoms with Crippen LogP contribution in [0.3, 0.4) is 0 Å². The fourth-order valence-electron chi connectivity index (χ4n) is 7.79. The van der Waals surface area contributed by atoms with E-state index in [1.807, 2.05) is 159 Å². The van der Waals surface area contributed by atoms with Crippen molar-refractivity contribution in [3.05, 3.63) is 234 Å². The summed E-state index contributed by atoms with van der Waals surface area (Å²) in [5.41, 5.74) is 29.2. The second kappa shape index (κ2) is 23.8. The van der Waals surface area contributed by atoms with Gasteiger partial charge in [0.2, 0.25) is 0 Å².